The molecule has 8 heteroatoms. The van der Waals surface area contributed by atoms with Gasteiger partial charge in [0.1, 0.15) is 5.75 Å². The van der Waals surface area contributed by atoms with Crippen molar-refractivity contribution in [2.75, 3.05) is 6.61 Å². The number of nitrogens with one attached hydrogen (secondary N) is 1. The van der Waals surface area contributed by atoms with Crippen LogP contribution in [0.3, 0.4) is 0 Å². The van der Waals surface area contributed by atoms with Gasteiger partial charge in [0.2, 0.25) is 4.77 Å². The van der Waals surface area contributed by atoms with Gasteiger partial charge in [0.25, 0.3) is 0 Å². The molecule has 1 heterocycles. The summed E-state index contributed by atoms with van der Waals surface area (Å²) >= 11 is 17.5. The minimum Gasteiger partial charge on any atom is -0.494 e. The molecule has 134 valence electrons. The second kappa shape index (κ2) is 8.49. The maximum absolute atomic E-state index is 6.27. The van der Waals surface area contributed by atoms with E-state index >= 15 is 0 Å². The summed E-state index contributed by atoms with van der Waals surface area (Å²) in [6, 6.07) is 12.8. The van der Waals surface area contributed by atoms with Crippen molar-refractivity contribution in [3.8, 4) is 17.1 Å². The molecule has 3 rings (SSSR count). The standard InChI is InChI=1S/C18H16Cl2N4OS/c1-2-9-25-14-6-3-12(4-7-14)11-21-24-17(22-23-18(24)26)15-8-5-13(19)10-16(15)20/h3-8,10-11H,2,9H2,1H3,(H,23,26). The average molecular weight is 407 g/mol. The van der Waals surface area contributed by atoms with Gasteiger partial charge in [0.15, 0.2) is 5.82 Å². The molecule has 0 spiro atoms. The second-order valence-electron chi connectivity index (χ2n) is 5.45. The smallest absolute Gasteiger partial charge is 0.216 e. The molecule has 0 saturated carbocycles. The molecule has 0 aliphatic heterocycles. The van der Waals surface area contributed by atoms with Crippen molar-refractivity contribution >= 4 is 41.6 Å². The second-order valence-corrected chi connectivity index (χ2v) is 6.68. The Bertz CT molecular complexity index is 980. The monoisotopic (exact) mass is 406 g/mol. The number of aromatic nitrogens is 3. The topological polar surface area (TPSA) is 55.2 Å². The van der Waals surface area contributed by atoms with Crippen molar-refractivity contribution in [1.82, 2.24) is 14.9 Å². The molecule has 2 aromatic carbocycles. The Morgan fingerprint density at radius 1 is 1.23 bits per heavy atom. The zero-order valence-electron chi connectivity index (χ0n) is 13.9. The Hall–Kier alpha value is -2.15. The van der Waals surface area contributed by atoms with E-state index in [4.69, 9.17) is 40.2 Å². The van der Waals surface area contributed by atoms with Crippen molar-refractivity contribution in [1.29, 1.82) is 0 Å². The van der Waals surface area contributed by atoms with Gasteiger partial charge in [-0.1, -0.05) is 30.1 Å². The molecule has 0 amide bonds. The number of aromatic amines is 1. The minimum atomic E-state index is 0.366. The Balaban J connectivity index is 1.87. The first-order valence-corrected chi connectivity index (χ1v) is 9.15. The van der Waals surface area contributed by atoms with E-state index in [0.717, 1.165) is 17.7 Å². The van der Waals surface area contributed by atoms with Gasteiger partial charge in [-0.05, 0) is 66.7 Å². The maximum Gasteiger partial charge on any atom is 0.216 e. The first-order chi connectivity index (χ1) is 12.6. The molecule has 0 fully saturated rings. The van der Waals surface area contributed by atoms with Crippen LogP contribution in [0, 0.1) is 4.77 Å². The van der Waals surface area contributed by atoms with Gasteiger partial charge in [-0.2, -0.15) is 14.9 Å². The number of hydrogen-bond acceptors (Lipinski definition) is 4. The van der Waals surface area contributed by atoms with Crippen molar-refractivity contribution in [3.05, 3.63) is 62.8 Å². The molecular weight excluding hydrogens is 391 g/mol. The number of H-pyrrole nitrogens is 1. The van der Waals surface area contributed by atoms with Gasteiger partial charge in [-0.3, -0.25) is 0 Å². The van der Waals surface area contributed by atoms with Crippen LogP contribution in [0.15, 0.2) is 47.6 Å². The van der Waals surface area contributed by atoms with Crippen LogP contribution < -0.4 is 4.74 Å². The van der Waals surface area contributed by atoms with Crippen LogP contribution in [-0.4, -0.2) is 27.7 Å². The largest absolute Gasteiger partial charge is 0.494 e. The highest BCUT2D eigenvalue weighted by Crippen LogP contribution is 2.29. The van der Waals surface area contributed by atoms with Gasteiger partial charge in [-0.15, -0.1) is 0 Å². The van der Waals surface area contributed by atoms with Crippen molar-refractivity contribution in [2.24, 2.45) is 5.10 Å². The summed E-state index contributed by atoms with van der Waals surface area (Å²) in [4.78, 5) is 0. The average Bonchev–Trinajstić information content (AvgIpc) is 2.99. The van der Waals surface area contributed by atoms with Crippen LogP contribution in [0.2, 0.25) is 10.0 Å². The predicted octanol–water partition coefficient (Wildman–Crippen LogP) is 5.59. The van der Waals surface area contributed by atoms with Crippen LogP contribution in [0.25, 0.3) is 11.4 Å². The fraction of sp³-hybridized carbons (Fsp3) is 0.167. The quantitative estimate of drug-likeness (QED) is 0.428. The third kappa shape index (κ3) is 4.33. The third-order valence-electron chi connectivity index (χ3n) is 3.50. The molecule has 1 aromatic heterocycles. The van der Waals surface area contributed by atoms with E-state index in [2.05, 4.69) is 22.2 Å². The Kier molecular flexibility index (Phi) is 6.08. The number of ether oxygens (including phenoxy) is 1. The highest BCUT2D eigenvalue weighted by Gasteiger charge is 2.12. The van der Waals surface area contributed by atoms with Crippen LogP contribution in [-0.2, 0) is 0 Å². The van der Waals surface area contributed by atoms with Crippen LogP contribution >= 0.6 is 35.4 Å². The van der Waals surface area contributed by atoms with Crippen LogP contribution in [0.5, 0.6) is 5.75 Å². The zero-order chi connectivity index (χ0) is 18.5. The van der Waals surface area contributed by atoms with Crippen molar-refractivity contribution in [3.63, 3.8) is 0 Å². The first kappa shape index (κ1) is 18.6. The van der Waals surface area contributed by atoms with Gasteiger partial charge in [0.05, 0.1) is 17.8 Å². The van der Waals surface area contributed by atoms with Crippen molar-refractivity contribution < 1.29 is 4.74 Å². The number of hydrogen-bond donors (Lipinski definition) is 1. The lowest BCUT2D eigenvalue weighted by Crippen LogP contribution is -1.96. The van der Waals surface area contributed by atoms with E-state index in [9.17, 15) is 0 Å². The maximum atomic E-state index is 6.27. The molecule has 3 aromatic rings. The summed E-state index contributed by atoms with van der Waals surface area (Å²) in [5.41, 5.74) is 1.59. The SMILES string of the molecule is CCCOc1ccc(C=Nn2c(-c3ccc(Cl)cc3Cl)n[nH]c2=S)cc1. The summed E-state index contributed by atoms with van der Waals surface area (Å²) in [7, 11) is 0. The molecule has 5 nitrogen and oxygen atoms in total. The predicted molar refractivity (Wildman–Crippen MR) is 108 cm³/mol. The summed E-state index contributed by atoms with van der Waals surface area (Å²) in [5.74, 6) is 1.34. The minimum absolute atomic E-state index is 0.366. The molecule has 26 heavy (non-hydrogen) atoms. The van der Waals surface area contributed by atoms with Crippen LogP contribution in [0.1, 0.15) is 18.9 Å². The van der Waals surface area contributed by atoms with E-state index in [1.54, 1.807) is 24.4 Å². The molecule has 0 atom stereocenters. The Morgan fingerprint density at radius 2 is 2.00 bits per heavy atom. The van der Waals surface area contributed by atoms with Gasteiger partial charge >= 0.3 is 0 Å². The van der Waals surface area contributed by atoms with Crippen LogP contribution in [0.4, 0.5) is 0 Å². The molecule has 0 aliphatic rings. The lowest BCUT2D eigenvalue weighted by Gasteiger charge is -2.05. The fourth-order valence-corrected chi connectivity index (χ4v) is 2.91. The van der Waals surface area contributed by atoms with E-state index in [1.807, 2.05) is 24.3 Å². The highest BCUT2D eigenvalue weighted by atomic mass is 35.5. The van der Waals surface area contributed by atoms with Gasteiger partial charge < -0.3 is 4.74 Å². The summed E-state index contributed by atoms with van der Waals surface area (Å²) in [6.07, 6.45) is 2.67. The fourth-order valence-electron chi connectivity index (χ4n) is 2.24. The number of rotatable bonds is 6. The summed E-state index contributed by atoms with van der Waals surface area (Å²) in [5, 5.41) is 12.4. The van der Waals surface area contributed by atoms with E-state index < -0.39 is 0 Å². The number of benzene rings is 2. The molecule has 0 saturated heterocycles. The Morgan fingerprint density at radius 3 is 2.69 bits per heavy atom. The number of halogens is 2. The third-order valence-corrected chi connectivity index (χ3v) is 4.31. The molecular formula is C18H16Cl2N4OS. The zero-order valence-corrected chi connectivity index (χ0v) is 16.3. The number of nitrogens with zero attached hydrogens (tertiary/aromatic N) is 3. The van der Waals surface area contributed by atoms with E-state index in [0.29, 0.717) is 32.8 Å². The molecule has 0 radical (unpaired) electrons. The lowest BCUT2D eigenvalue weighted by atomic mass is 10.2. The Labute approximate surface area is 166 Å². The lowest BCUT2D eigenvalue weighted by molar-refractivity contribution is 0.317. The molecule has 0 aliphatic carbocycles. The van der Waals surface area contributed by atoms with Gasteiger partial charge in [-0.25, -0.2) is 5.10 Å². The molecule has 1 N–H and O–H groups in total. The normalized spacial score (nSPS) is 11.2. The highest BCUT2D eigenvalue weighted by molar-refractivity contribution is 7.71. The summed E-state index contributed by atoms with van der Waals surface area (Å²) in [6.45, 7) is 2.77. The molecule has 0 unspecified atom stereocenters. The summed E-state index contributed by atoms with van der Waals surface area (Å²) < 4.78 is 7.46. The van der Waals surface area contributed by atoms with E-state index in [-0.39, 0.29) is 0 Å². The van der Waals surface area contributed by atoms with Gasteiger partial charge in [0, 0.05) is 10.6 Å². The van der Waals surface area contributed by atoms with Crippen molar-refractivity contribution in [2.45, 2.75) is 13.3 Å². The van der Waals surface area contributed by atoms with E-state index in [1.165, 1.54) is 4.68 Å². The molecule has 0 bridgehead atoms. The first-order valence-electron chi connectivity index (χ1n) is 7.98.